The van der Waals surface area contributed by atoms with E-state index in [9.17, 15) is 9.18 Å². The highest BCUT2D eigenvalue weighted by Gasteiger charge is 2.25. The third-order valence-electron chi connectivity index (χ3n) is 4.76. The van der Waals surface area contributed by atoms with Crippen molar-refractivity contribution in [2.45, 2.75) is 33.2 Å². The van der Waals surface area contributed by atoms with Crippen LogP contribution in [0.1, 0.15) is 30.7 Å². The maximum Gasteiger partial charge on any atom is 0.226 e. The summed E-state index contributed by atoms with van der Waals surface area (Å²) in [4.78, 5) is 18.5. The number of thiophene rings is 1. The number of fused-ring (bicyclic) bond motifs is 2. The Morgan fingerprint density at radius 3 is 2.94 bits per heavy atom. The Kier molecular flexibility index (Phi) is 8.91. The van der Waals surface area contributed by atoms with Crippen LogP contribution in [-0.4, -0.2) is 44.2 Å². The van der Waals surface area contributed by atoms with Crippen LogP contribution in [0.3, 0.4) is 0 Å². The number of hydrogen-bond acceptors (Lipinski definition) is 7. The molecule has 0 unspecified atom stereocenters. The number of hydrogen-bond donors (Lipinski definition) is 3. The molecule has 3 N–H and O–H groups in total. The first-order valence-corrected chi connectivity index (χ1v) is 12.2. The molecule has 0 saturated heterocycles. The number of carbonyl (C=O) groups excluding carboxylic acids is 1. The van der Waals surface area contributed by atoms with Gasteiger partial charge in [0.05, 0.1) is 16.8 Å². The van der Waals surface area contributed by atoms with E-state index in [1.807, 2.05) is 13.8 Å². The van der Waals surface area contributed by atoms with Gasteiger partial charge in [0.1, 0.15) is 15.8 Å². The number of rotatable bonds is 8. The Morgan fingerprint density at radius 2 is 2.13 bits per heavy atom. The van der Waals surface area contributed by atoms with Crippen LogP contribution in [0.15, 0.2) is 18.2 Å². The molecule has 9 heteroatoms. The summed E-state index contributed by atoms with van der Waals surface area (Å²) >= 11 is 3.07. The number of aromatic nitrogens is 1. The van der Waals surface area contributed by atoms with Crippen molar-refractivity contribution in [2.75, 3.05) is 38.7 Å². The maximum absolute atomic E-state index is 13.6. The van der Waals surface area contributed by atoms with Crippen LogP contribution in [0.4, 0.5) is 9.39 Å². The number of ether oxygens (including phenoxy) is 1. The van der Waals surface area contributed by atoms with Crippen LogP contribution in [0.25, 0.3) is 20.8 Å². The number of nitrogens with one attached hydrogen (secondary N) is 3. The molecule has 1 aromatic carbocycles. The summed E-state index contributed by atoms with van der Waals surface area (Å²) in [5, 5.41) is 11.3. The molecule has 0 spiro atoms. The third-order valence-corrected chi connectivity index (χ3v) is 6.94. The van der Waals surface area contributed by atoms with Gasteiger partial charge in [-0.05, 0) is 36.7 Å². The molecule has 0 radical (unpaired) electrons. The van der Waals surface area contributed by atoms with Crippen LogP contribution in [-0.2, 0) is 22.5 Å². The second-order valence-electron chi connectivity index (χ2n) is 6.81. The first kappa shape index (κ1) is 23.7. The van der Waals surface area contributed by atoms with Gasteiger partial charge < -0.3 is 20.7 Å². The minimum Gasteiger partial charge on any atom is -0.383 e. The van der Waals surface area contributed by atoms with E-state index < -0.39 is 0 Å². The molecule has 2 aromatic heterocycles. The average Bonchev–Trinajstić information content (AvgIpc) is 3.34. The lowest BCUT2D eigenvalue weighted by molar-refractivity contribution is -0.116. The maximum atomic E-state index is 13.6. The molecular formula is C22H29FN4O2S2. The summed E-state index contributed by atoms with van der Waals surface area (Å²) in [7, 11) is 1.65. The molecule has 1 aliphatic heterocycles. The van der Waals surface area contributed by atoms with E-state index in [0.29, 0.717) is 19.6 Å². The van der Waals surface area contributed by atoms with Gasteiger partial charge in [-0.15, -0.1) is 22.7 Å². The summed E-state index contributed by atoms with van der Waals surface area (Å²) in [6.07, 6.45) is 1.27. The van der Waals surface area contributed by atoms with Crippen molar-refractivity contribution >= 4 is 43.8 Å². The number of anilines is 1. The van der Waals surface area contributed by atoms with Gasteiger partial charge in [0.2, 0.25) is 5.91 Å². The summed E-state index contributed by atoms with van der Waals surface area (Å²) in [5.41, 5.74) is 3.01. The second kappa shape index (κ2) is 11.6. The Hall–Kier alpha value is -1.91. The highest BCUT2D eigenvalue weighted by molar-refractivity contribution is 7.22. The Bertz CT molecular complexity index is 1020. The van der Waals surface area contributed by atoms with Gasteiger partial charge >= 0.3 is 0 Å². The fourth-order valence-corrected chi connectivity index (χ4v) is 5.71. The van der Waals surface area contributed by atoms with Gasteiger partial charge in [0, 0.05) is 43.6 Å². The van der Waals surface area contributed by atoms with Gasteiger partial charge in [0.25, 0.3) is 0 Å². The molecule has 168 valence electrons. The van der Waals surface area contributed by atoms with Gasteiger partial charge in [-0.2, -0.15) is 0 Å². The molecule has 0 atom stereocenters. The number of thiazole rings is 1. The lowest BCUT2D eigenvalue weighted by atomic mass is 10.0. The number of amides is 1. The number of halogens is 1. The molecule has 3 heterocycles. The standard InChI is InChI=1S/C20H23FN4O2S2.C2H6/c1-27-9-8-22-7-5-17(26)25-20-18(13-4-6-23-11-16(13)29-20)19-24-14-3-2-12(21)10-15(14)28-19;1-2/h2-3,10,22-23H,4-9,11H2,1H3,(H,25,26);1-2H3. The Morgan fingerprint density at radius 1 is 1.29 bits per heavy atom. The monoisotopic (exact) mass is 464 g/mol. The highest BCUT2D eigenvalue weighted by atomic mass is 32.1. The zero-order chi connectivity index (χ0) is 22.2. The average molecular weight is 465 g/mol. The van der Waals surface area contributed by atoms with Crippen molar-refractivity contribution in [1.82, 2.24) is 15.6 Å². The van der Waals surface area contributed by atoms with E-state index in [1.165, 1.54) is 33.9 Å². The predicted molar refractivity (Wildman–Crippen MR) is 128 cm³/mol. The molecule has 6 nitrogen and oxygen atoms in total. The van der Waals surface area contributed by atoms with Crippen LogP contribution < -0.4 is 16.0 Å². The van der Waals surface area contributed by atoms with E-state index in [2.05, 4.69) is 16.0 Å². The summed E-state index contributed by atoms with van der Waals surface area (Å²) in [6.45, 7) is 7.62. The fraction of sp³-hybridized carbons (Fsp3) is 0.455. The summed E-state index contributed by atoms with van der Waals surface area (Å²) < 4.78 is 19.4. The molecule has 1 amide bonds. The Balaban J connectivity index is 0.00000132. The predicted octanol–water partition coefficient (Wildman–Crippen LogP) is 4.40. The minimum absolute atomic E-state index is 0.0325. The molecule has 0 saturated carbocycles. The molecule has 0 aliphatic carbocycles. The first-order chi connectivity index (χ1) is 15.2. The second-order valence-corrected chi connectivity index (χ2v) is 8.94. The van der Waals surface area contributed by atoms with Crippen molar-refractivity contribution < 1.29 is 13.9 Å². The van der Waals surface area contributed by atoms with Gasteiger partial charge in [0.15, 0.2) is 0 Å². The Labute approximate surface area is 190 Å². The van der Waals surface area contributed by atoms with E-state index in [4.69, 9.17) is 9.72 Å². The SMILES string of the molecule is CC.COCCNCCC(=O)Nc1sc2c(c1-c1nc3ccc(F)cc3s1)CCNC2. The molecule has 4 rings (SSSR count). The molecule has 1 aliphatic rings. The van der Waals surface area contributed by atoms with Crippen molar-refractivity contribution in [3.63, 3.8) is 0 Å². The lowest BCUT2D eigenvalue weighted by Gasteiger charge is -2.13. The number of carbonyl (C=O) groups is 1. The lowest BCUT2D eigenvalue weighted by Crippen LogP contribution is -2.24. The number of nitrogens with zero attached hydrogens (tertiary/aromatic N) is 1. The topological polar surface area (TPSA) is 75.3 Å². The van der Waals surface area contributed by atoms with Crippen LogP contribution >= 0.6 is 22.7 Å². The summed E-state index contributed by atoms with van der Waals surface area (Å²) in [6, 6.07) is 4.65. The fourth-order valence-electron chi connectivity index (χ4n) is 3.34. The van der Waals surface area contributed by atoms with Crippen molar-refractivity contribution in [1.29, 1.82) is 0 Å². The molecule has 3 aromatic rings. The summed E-state index contributed by atoms with van der Waals surface area (Å²) in [5.74, 6) is -0.298. The van der Waals surface area contributed by atoms with Gasteiger partial charge in [-0.1, -0.05) is 13.8 Å². The highest BCUT2D eigenvalue weighted by Crippen LogP contribution is 2.44. The number of benzene rings is 1. The zero-order valence-electron chi connectivity index (χ0n) is 18.1. The quantitative estimate of drug-likeness (QED) is 0.431. The van der Waals surface area contributed by atoms with Crippen molar-refractivity contribution in [3.05, 3.63) is 34.5 Å². The van der Waals surface area contributed by atoms with Crippen molar-refractivity contribution in [2.24, 2.45) is 0 Å². The molecule has 0 bridgehead atoms. The van der Waals surface area contributed by atoms with E-state index in [1.54, 1.807) is 24.5 Å². The van der Waals surface area contributed by atoms with Crippen LogP contribution in [0, 0.1) is 5.82 Å². The normalized spacial score (nSPS) is 12.9. The molecular weight excluding hydrogens is 435 g/mol. The third kappa shape index (κ3) is 5.87. The van der Waals surface area contributed by atoms with Gasteiger partial charge in [-0.3, -0.25) is 4.79 Å². The van der Waals surface area contributed by atoms with E-state index in [0.717, 1.165) is 51.8 Å². The van der Waals surface area contributed by atoms with Crippen molar-refractivity contribution in [3.8, 4) is 10.6 Å². The largest absolute Gasteiger partial charge is 0.383 e. The first-order valence-electron chi connectivity index (χ1n) is 10.6. The zero-order valence-corrected chi connectivity index (χ0v) is 19.8. The van der Waals surface area contributed by atoms with E-state index in [-0.39, 0.29) is 11.7 Å². The smallest absolute Gasteiger partial charge is 0.226 e. The molecule has 0 fully saturated rings. The van der Waals surface area contributed by atoms with Gasteiger partial charge in [-0.25, -0.2) is 9.37 Å². The van der Waals surface area contributed by atoms with E-state index >= 15 is 0 Å². The van der Waals surface area contributed by atoms with Crippen LogP contribution in [0.2, 0.25) is 0 Å². The van der Waals surface area contributed by atoms with Crippen LogP contribution in [0.5, 0.6) is 0 Å². The number of methoxy groups -OCH3 is 1. The molecule has 31 heavy (non-hydrogen) atoms. The minimum atomic E-state index is -0.265.